The minimum absolute atomic E-state index is 0.126. The van der Waals surface area contributed by atoms with Gasteiger partial charge in [0.05, 0.1) is 29.3 Å². The summed E-state index contributed by atoms with van der Waals surface area (Å²) in [6.45, 7) is 4.21. The zero-order valence-electron chi connectivity index (χ0n) is 15.0. The van der Waals surface area contributed by atoms with E-state index in [1.54, 1.807) is 6.92 Å². The molecule has 0 bridgehead atoms. The number of nitrogens with zero attached hydrogens (tertiary/aromatic N) is 2. The average molecular weight is 379 g/mol. The standard InChI is InChI=1S/C18H25N3O4S/c1-2-25-18(23)15-12-7-6-8-13(20-24)16(12)26-17(15)19-14(22)11-21-9-4-3-5-10-21/h24H,2-11H2,1H3,(H,19,22)/b20-13+. The van der Waals surface area contributed by atoms with Gasteiger partial charge >= 0.3 is 5.97 Å². The Kier molecular flexibility index (Phi) is 6.26. The molecule has 1 aromatic rings. The van der Waals surface area contributed by atoms with E-state index >= 15 is 0 Å². The van der Waals surface area contributed by atoms with Crippen molar-refractivity contribution in [2.24, 2.45) is 5.16 Å². The molecule has 1 amide bonds. The summed E-state index contributed by atoms with van der Waals surface area (Å²) in [5.74, 6) is -0.559. The summed E-state index contributed by atoms with van der Waals surface area (Å²) >= 11 is 1.30. The maximum atomic E-state index is 12.5. The molecule has 0 radical (unpaired) electrons. The van der Waals surface area contributed by atoms with E-state index < -0.39 is 5.97 Å². The molecular weight excluding hydrogens is 354 g/mol. The van der Waals surface area contributed by atoms with Crippen LogP contribution in [0.25, 0.3) is 0 Å². The maximum Gasteiger partial charge on any atom is 0.341 e. The number of fused-ring (bicyclic) bond motifs is 1. The number of amides is 1. The molecule has 0 aromatic carbocycles. The predicted octanol–water partition coefficient (Wildman–Crippen LogP) is 2.86. The second-order valence-corrected chi connectivity index (χ2v) is 7.64. The van der Waals surface area contributed by atoms with Gasteiger partial charge in [0.2, 0.25) is 5.91 Å². The van der Waals surface area contributed by atoms with Gasteiger partial charge in [0.25, 0.3) is 0 Å². The van der Waals surface area contributed by atoms with Crippen molar-refractivity contribution >= 4 is 33.9 Å². The van der Waals surface area contributed by atoms with Gasteiger partial charge in [-0.15, -0.1) is 11.3 Å². The Morgan fingerprint density at radius 3 is 2.69 bits per heavy atom. The topological polar surface area (TPSA) is 91.2 Å². The average Bonchev–Trinajstić information content (AvgIpc) is 3.00. The van der Waals surface area contributed by atoms with Gasteiger partial charge in [-0.05, 0) is 57.7 Å². The number of esters is 1. The van der Waals surface area contributed by atoms with Crippen molar-refractivity contribution in [2.75, 3.05) is 31.6 Å². The summed E-state index contributed by atoms with van der Waals surface area (Å²) in [6, 6.07) is 0. The van der Waals surface area contributed by atoms with Crippen LogP contribution in [0.5, 0.6) is 0 Å². The van der Waals surface area contributed by atoms with Gasteiger partial charge in [-0.1, -0.05) is 11.6 Å². The highest BCUT2D eigenvalue weighted by atomic mass is 32.1. The largest absolute Gasteiger partial charge is 0.462 e. The molecule has 2 aliphatic rings. The molecule has 1 saturated heterocycles. The monoisotopic (exact) mass is 379 g/mol. The van der Waals surface area contributed by atoms with Gasteiger partial charge < -0.3 is 15.3 Å². The van der Waals surface area contributed by atoms with Gasteiger partial charge in [0.15, 0.2) is 0 Å². The van der Waals surface area contributed by atoms with Gasteiger partial charge in [-0.2, -0.15) is 0 Å². The minimum atomic E-state index is -0.433. The molecule has 142 valence electrons. The Bertz CT molecular complexity index is 708. The first kappa shape index (κ1) is 18.8. The van der Waals surface area contributed by atoms with Crippen LogP contribution in [-0.2, 0) is 16.0 Å². The van der Waals surface area contributed by atoms with Crippen molar-refractivity contribution in [1.29, 1.82) is 0 Å². The molecule has 2 heterocycles. The summed E-state index contributed by atoms with van der Waals surface area (Å²) in [6.07, 6.45) is 5.62. The molecule has 1 aliphatic carbocycles. The number of hydrogen-bond acceptors (Lipinski definition) is 7. The van der Waals surface area contributed by atoms with Gasteiger partial charge in [0, 0.05) is 0 Å². The van der Waals surface area contributed by atoms with E-state index in [4.69, 9.17) is 4.74 Å². The molecule has 0 atom stereocenters. The highest BCUT2D eigenvalue weighted by Crippen LogP contribution is 2.39. The van der Waals surface area contributed by atoms with Crippen molar-refractivity contribution < 1.29 is 19.5 Å². The molecular formula is C18H25N3O4S. The van der Waals surface area contributed by atoms with E-state index in [2.05, 4.69) is 15.4 Å². The molecule has 2 N–H and O–H groups in total. The molecule has 3 rings (SSSR count). The zero-order valence-corrected chi connectivity index (χ0v) is 15.9. The first-order chi connectivity index (χ1) is 12.6. The SMILES string of the molecule is CCOC(=O)c1c(NC(=O)CN2CCCCC2)sc2c1CCC/C2=N\O. The second-order valence-electron chi connectivity index (χ2n) is 6.62. The number of nitrogens with one attached hydrogen (secondary N) is 1. The fraction of sp³-hybridized carbons (Fsp3) is 0.611. The van der Waals surface area contributed by atoms with E-state index in [-0.39, 0.29) is 12.5 Å². The summed E-state index contributed by atoms with van der Waals surface area (Å²) in [7, 11) is 0. The lowest BCUT2D eigenvalue weighted by atomic mass is 9.94. The molecule has 26 heavy (non-hydrogen) atoms. The first-order valence-corrected chi connectivity index (χ1v) is 10.0. The number of thiophene rings is 1. The number of anilines is 1. The summed E-state index contributed by atoms with van der Waals surface area (Å²) in [4.78, 5) is 27.9. The summed E-state index contributed by atoms with van der Waals surface area (Å²) < 4.78 is 5.20. The van der Waals surface area contributed by atoms with Gasteiger partial charge in [0.1, 0.15) is 5.00 Å². The number of hydrogen-bond donors (Lipinski definition) is 2. The van der Waals surface area contributed by atoms with Crippen LogP contribution >= 0.6 is 11.3 Å². The van der Waals surface area contributed by atoms with Crippen molar-refractivity contribution in [3.63, 3.8) is 0 Å². The fourth-order valence-corrected chi connectivity index (χ4v) is 4.84. The number of rotatable bonds is 5. The van der Waals surface area contributed by atoms with Crippen LogP contribution in [0, 0.1) is 0 Å². The molecule has 7 nitrogen and oxygen atoms in total. The van der Waals surface area contributed by atoms with Crippen molar-refractivity contribution in [3.8, 4) is 0 Å². The third-order valence-electron chi connectivity index (χ3n) is 4.78. The zero-order chi connectivity index (χ0) is 18.5. The smallest absolute Gasteiger partial charge is 0.341 e. The molecule has 0 unspecified atom stereocenters. The Balaban J connectivity index is 1.84. The maximum absolute atomic E-state index is 12.5. The van der Waals surface area contributed by atoms with Crippen LogP contribution in [-0.4, -0.2) is 53.9 Å². The van der Waals surface area contributed by atoms with E-state index in [1.807, 2.05) is 0 Å². The lowest BCUT2D eigenvalue weighted by Gasteiger charge is -2.25. The third kappa shape index (κ3) is 4.07. The van der Waals surface area contributed by atoms with Crippen LogP contribution in [0.4, 0.5) is 5.00 Å². The van der Waals surface area contributed by atoms with Gasteiger partial charge in [-0.25, -0.2) is 4.79 Å². The highest BCUT2D eigenvalue weighted by molar-refractivity contribution is 7.19. The highest BCUT2D eigenvalue weighted by Gasteiger charge is 2.30. The van der Waals surface area contributed by atoms with Crippen LogP contribution in [0.15, 0.2) is 5.16 Å². The van der Waals surface area contributed by atoms with Crippen molar-refractivity contribution in [1.82, 2.24) is 4.90 Å². The van der Waals surface area contributed by atoms with E-state index in [0.717, 1.165) is 42.8 Å². The van der Waals surface area contributed by atoms with E-state index in [1.165, 1.54) is 17.8 Å². The minimum Gasteiger partial charge on any atom is -0.462 e. The first-order valence-electron chi connectivity index (χ1n) is 9.20. The van der Waals surface area contributed by atoms with Crippen molar-refractivity contribution in [2.45, 2.75) is 45.4 Å². The van der Waals surface area contributed by atoms with E-state index in [0.29, 0.717) is 35.7 Å². The van der Waals surface area contributed by atoms with Gasteiger partial charge in [-0.3, -0.25) is 9.69 Å². The Hall–Kier alpha value is -1.93. The van der Waals surface area contributed by atoms with Crippen LogP contribution in [0.2, 0.25) is 0 Å². The summed E-state index contributed by atoms with van der Waals surface area (Å²) in [5, 5.41) is 16.0. The Labute approximate surface area is 157 Å². The molecule has 8 heteroatoms. The summed E-state index contributed by atoms with van der Waals surface area (Å²) in [5.41, 5.74) is 1.80. The predicted molar refractivity (Wildman–Crippen MR) is 100 cm³/mol. The number of carbonyl (C=O) groups is 2. The molecule has 1 fully saturated rings. The lowest BCUT2D eigenvalue weighted by molar-refractivity contribution is -0.117. The molecule has 1 aliphatic heterocycles. The fourth-order valence-electron chi connectivity index (χ4n) is 3.57. The van der Waals surface area contributed by atoms with Crippen LogP contribution in [0.1, 0.15) is 59.8 Å². The van der Waals surface area contributed by atoms with E-state index in [9.17, 15) is 14.8 Å². The second kappa shape index (κ2) is 8.64. The molecule has 0 spiro atoms. The quantitative estimate of drug-likeness (QED) is 0.466. The Morgan fingerprint density at radius 1 is 1.23 bits per heavy atom. The van der Waals surface area contributed by atoms with Crippen molar-refractivity contribution in [3.05, 3.63) is 16.0 Å². The number of ether oxygens (including phenoxy) is 1. The molecule has 1 aromatic heterocycles. The number of likely N-dealkylation sites (tertiary alicyclic amines) is 1. The normalized spacial score (nSPS) is 19.2. The molecule has 0 saturated carbocycles. The number of oxime groups is 1. The Morgan fingerprint density at radius 2 is 2.00 bits per heavy atom. The van der Waals surface area contributed by atoms with Crippen LogP contribution in [0.3, 0.4) is 0 Å². The van der Waals surface area contributed by atoms with Crippen LogP contribution < -0.4 is 5.32 Å². The number of carbonyl (C=O) groups excluding carboxylic acids is 2. The lowest BCUT2D eigenvalue weighted by Crippen LogP contribution is -2.36. The third-order valence-corrected chi connectivity index (χ3v) is 5.98. The number of piperidine rings is 1.